The SMILES string of the molecule is CNC(=O)c1c(-c2ccc(Oc3ccc(F)cc3)cc2)oc2cc3c(cc12)[C@H](C)O[C@H](COC(=O)[C@@H](N)COC)CN3S(C)(=O)=O. The van der Waals surface area contributed by atoms with Crippen LogP contribution in [0.4, 0.5) is 10.1 Å². The molecule has 46 heavy (non-hydrogen) atoms. The Bertz CT molecular complexity index is 1840. The third kappa shape index (κ3) is 6.99. The summed E-state index contributed by atoms with van der Waals surface area (Å²) >= 11 is 0. The third-order valence-corrected chi connectivity index (χ3v) is 8.54. The molecule has 0 bridgehead atoms. The summed E-state index contributed by atoms with van der Waals surface area (Å²) in [5.41, 5.74) is 7.63. The fourth-order valence-electron chi connectivity index (χ4n) is 5.18. The Morgan fingerprint density at radius 3 is 2.37 bits per heavy atom. The van der Waals surface area contributed by atoms with Crippen molar-refractivity contribution in [2.45, 2.75) is 25.2 Å². The van der Waals surface area contributed by atoms with Gasteiger partial charge in [-0.25, -0.2) is 12.8 Å². The molecule has 0 unspecified atom stereocenters. The van der Waals surface area contributed by atoms with Gasteiger partial charge in [-0.1, -0.05) is 0 Å². The number of sulfonamides is 1. The lowest BCUT2D eigenvalue weighted by Gasteiger charge is -2.25. The number of esters is 1. The molecule has 3 aromatic carbocycles. The van der Waals surface area contributed by atoms with E-state index in [-0.39, 0.29) is 42.5 Å². The molecule has 14 heteroatoms. The second kappa shape index (κ2) is 13.5. The second-order valence-corrected chi connectivity index (χ2v) is 12.7. The zero-order valence-electron chi connectivity index (χ0n) is 25.6. The van der Waals surface area contributed by atoms with E-state index >= 15 is 0 Å². The maximum Gasteiger partial charge on any atom is 0.325 e. The minimum atomic E-state index is -3.85. The number of rotatable bonds is 10. The average molecular weight is 656 g/mol. The van der Waals surface area contributed by atoms with Crippen molar-refractivity contribution in [3.05, 3.63) is 77.6 Å². The molecule has 5 rings (SSSR count). The average Bonchev–Trinajstić information content (AvgIpc) is 3.33. The minimum absolute atomic E-state index is 0.0374. The van der Waals surface area contributed by atoms with Gasteiger partial charge in [-0.15, -0.1) is 0 Å². The van der Waals surface area contributed by atoms with Gasteiger partial charge in [0, 0.05) is 36.7 Å². The molecule has 1 amide bonds. The van der Waals surface area contributed by atoms with E-state index in [2.05, 4.69) is 5.32 Å². The first-order chi connectivity index (χ1) is 21.9. The number of nitrogens with two attached hydrogens (primary N) is 1. The van der Waals surface area contributed by atoms with E-state index in [1.54, 1.807) is 43.3 Å². The van der Waals surface area contributed by atoms with Crippen molar-refractivity contribution < 1.29 is 45.8 Å². The number of anilines is 1. The first-order valence-corrected chi connectivity index (χ1v) is 16.1. The predicted molar refractivity (Wildman–Crippen MR) is 168 cm³/mol. The van der Waals surface area contributed by atoms with Crippen molar-refractivity contribution in [3.63, 3.8) is 0 Å². The summed E-state index contributed by atoms with van der Waals surface area (Å²) in [4.78, 5) is 25.5. The predicted octanol–water partition coefficient (Wildman–Crippen LogP) is 4.13. The van der Waals surface area contributed by atoms with Crippen LogP contribution in [-0.4, -0.2) is 72.6 Å². The molecule has 1 aliphatic heterocycles. The Morgan fingerprint density at radius 1 is 1.11 bits per heavy atom. The molecule has 1 aliphatic rings. The van der Waals surface area contributed by atoms with Crippen molar-refractivity contribution in [2.75, 3.05) is 44.5 Å². The number of halogens is 1. The molecule has 0 saturated carbocycles. The van der Waals surface area contributed by atoms with E-state index in [4.69, 9.17) is 29.1 Å². The van der Waals surface area contributed by atoms with Gasteiger partial charge in [-0.3, -0.25) is 13.9 Å². The number of carbonyl (C=O) groups is 2. The molecule has 0 saturated heterocycles. The highest BCUT2D eigenvalue weighted by Gasteiger charge is 2.34. The van der Waals surface area contributed by atoms with Crippen LogP contribution in [-0.2, 0) is 29.0 Å². The number of nitrogens with one attached hydrogen (secondary N) is 1. The van der Waals surface area contributed by atoms with Crippen molar-refractivity contribution in [1.29, 1.82) is 0 Å². The van der Waals surface area contributed by atoms with Gasteiger partial charge in [0.1, 0.15) is 47.4 Å². The Hall–Kier alpha value is -4.50. The Balaban J connectivity index is 1.51. The molecular formula is C32H34FN3O9S. The van der Waals surface area contributed by atoms with Gasteiger partial charge in [0.15, 0.2) is 0 Å². The highest BCUT2D eigenvalue weighted by atomic mass is 32.2. The number of ether oxygens (including phenoxy) is 4. The number of methoxy groups -OCH3 is 1. The molecular weight excluding hydrogens is 621 g/mol. The fraction of sp³-hybridized carbons (Fsp3) is 0.312. The monoisotopic (exact) mass is 655 g/mol. The lowest BCUT2D eigenvalue weighted by Crippen LogP contribution is -2.41. The molecule has 0 fully saturated rings. The van der Waals surface area contributed by atoms with Gasteiger partial charge < -0.3 is 34.4 Å². The zero-order chi connectivity index (χ0) is 33.2. The lowest BCUT2D eigenvalue weighted by molar-refractivity contribution is -0.151. The van der Waals surface area contributed by atoms with Crippen LogP contribution in [0.15, 0.2) is 65.1 Å². The summed E-state index contributed by atoms with van der Waals surface area (Å²) in [5.74, 6) is -0.306. The van der Waals surface area contributed by atoms with Gasteiger partial charge in [-0.2, -0.15) is 0 Å². The molecule has 1 aromatic heterocycles. The molecule has 0 radical (unpaired) electrons. The van der Waals surface area contributed by atoms with Gasteiger partial charge in [0.05, 0.1) is 36.8 Å². The van der Waals surface area contributed by atoms with E-state index in [1.807, 2.05) is 0 Å². The number of carbonyl (C=O) groups excluding carboxylic acids is 2. The third-order valence-electron chi connectivity index (χ3n) is 7.39. The summed E-state index contributed by atoms with van der Waals surface area (Å²) in [6, 6.07) is 14.6. The highest BCUT2D eigenvalue weighted by molar-refractivity contribution is 7.92. The minimum Gasteiger partial charge on any atom is -0.462 e. The highest BCUT2D eigenvalue weighted by Crippen LogP contribution is 2.42. The summed E-state index contributed by atoms with van der Waals surface area (Å²) in [6.45, 7) is 1.30. The number of hydrogen-bond acceptors (Lipinski definition) is 10. The Labute approximate surface area is 265 Å². The number of hydrogen-bond donors (Lipinski definition) is 2. The molecule has 3 atom stereocenters. The Morgan fingerprint density at radius 2 is 1.76 bits per heavy atom. The van der Waals surface area contributed by atoms with Crippen LogP contribution in [0.25, 0.3) is 22.3 Å². The van der Waals surface area contributed by atoms with Crippen LogP contribution >= 0.6 is 0 Å². The first-order valence-electron chi connectivity index (χ1n) is 14.3. The Kier molecular flexibility index (Phi) is 9.63. The van der Waals surface area contributed by atoms with Crippen LogP contribution in [0.1, 0.15) is 28.9 Å². The molecule has 0 spiro atoms. The number of benzene rings is 3. The molecule has 2 heterocycles. The first kappa shape index (κ1) is 32.9. The number of amides is 1. The standard InChI is InChI=1S/C32H34FN3O9S/c1-18-24-13-25-28(14-27(24)36(46(4,39)40)15-23(43-18)16-42-32(38)26(34)17-41-3)45-30(29(25)31(37)35-2)19-5-9-21(10-6-19)44-22-11-7-20(33)8-12-22/h5-14,18,23,26H,15-17,34H2,1-4H3,(H,35,37)/t18-,23-,26-/m0/s1. The van der Waals surface area contributed by atoms with E-state index in [0.717, 1.165) is 6.26 Å². The van der Waals surface area contributed by atoms with Gasteiger partial charge in [-0.05, 0) is 61.5 Å². The van der Waals surface area contributed by atoms with Crippen LogP contribution in [0.3, 0.4) is 0 Å². The van der Waals surface area contributed by atoms with E-state index in [1.165, 1.54) is 42.7 Å². The van der Waals surface area contributed by atoms with Crippen molar-refractivity contribution >= 4 is 38.6 Å². The maximum atomic E-state index is 13.3. The molecule has 0 aliphatic carbocycles. The van der Waals surface area contributed by atoms with Crippen molar-refractivity contribution in [3.8, 4) is 22.8 Å². The second-order valence-electron chi connectivity index (χ2n) is 10.8. The van der Waals surface area contributed by atoms with Crippen LogP contribution in [0.2, 0.25) is 0 Å². The van der Waals surface area contributed by atoms with Crippen LogP contribution in [0, 0.1) is 5.82 Å². The quantitative estimate of drug-likeness (QED) is 0.238. The maximum absolute atomic E-state index is 13.3. The molecule has 3 N–H and O–H groups in total. The normalized spacial score (nSPS) is 17.2. The lowest BCUT2D eigenvalue weighted by atomic mass is 10.0. The zero-order valence-corrected chi connectivity index (χ0v) is 26.4. The smallest absolute Gasteiger partial charge is 0.325 e. The largest absolute Gasteiger partial charge is 0.462 e. The number of nitrogens with zero attached hydrogens (tertiary/aromatic N) is 1. The summed E-state index contributed by atoms with van der Waals surface area (Å²) in [5, 5.41) is 3.09. The van der Waals surface area contributed by atoms with E-state index in [0.29, 0.717) is 33.7 Å². The number of furan rings is 1. The van der Waals surface area contributed by atoms with Crippen molar-refractivity contribution in [2.24, 2.45) is 5.73 Å². The molecule has 12 nitrogen and oxygen atoms in total. The fourth-order valence-corrected chi connectivity index (χ4v) is 6.13. The summed E-state index contributed by atoms with van der Waals surface area (Å²) < 4.78 is 68.9. The van der Waals surface area contributed by atoms with Crippen molar-refractivity contribution in [1.82, 2.24) is 5.32 Å². The molecule has 244 valence electrons. The van der Waals surface area contributed by atoms with Gasteiger partial charge in [0.25, 0.3) is 5.91 Å². The topological polar surface area (TPSA) is 160 Å². The van der Waals surface area contributed by atoms with Crippen LogP contribution < -0.4 is 20.1 Å². The molecule has 4 aromatic rings. The van der Waals surface area contributed by atoms with E-state index < -0.39 is 40.1 Å². The van der Waals surface area contributed by atoms with Crippen LogP contribution in [0.5, 0.6) is 11.5 Å². The van der Waals surface area contributed by atoms with E-state index in [9.17, 15) is 22.4 Å². The van der Waals surface area contributed by atoms with Gasteiger partial charge >= 0.3 is 5.97 Å². The summed E-state index contributed by atoms with van der Waals surface area (Å²) in [7, 11) is -0.948. The summed E-state index contributed by atoms with van der Waals surface area (Å²) in [6.07, 6.45) is -0.429. The van der Waals surface area contributed by atoms with Gasteiger partial charge in [0.2, 0.25) is 10.0 Å². The number of fused-ring (bicyclic) bond motifs is 2.